The van der Waals surface area contributed by atoms with E-state index in [0.29, 0.717) is 17.8 Å². The van der Waals surface area contributed by atoms with Crippen LogP contribution in [-0.4, -0.2) is 11.8 Å². The van der Waals surface area contributed by atoms with Crippen molar-refractivity contribution in [2.45, 2.75) is 20.3 Å². The van der Waals surface area contributed by atoms with Gasteiger partial charge in [0, 0.05) is 17.3 Å². The minimum Gasteiger partial charge on any atom is -0.326 e. The fourth-order valence-electron chi connectivity index (χ4n) is 1.95. The average Bonchev–Trinajstić information content (AvgIpc) is 2.48. The monoisotopic (exact) mass is 296 g/mol. The van der Waals surface area contributed by atoms with E-state index in [2.05, 4.69) is 10.6 Å². The highest BCUT2D eigenvalue weighted by molar-refractivity contribution is 5.95. The number of hydrogen-bond donors (Lipinski definition) is 2. The maximum atomic E-state index is 12.0. The van der Waals surface area contributed by atoms with E-state index in [0.717, 1.165) is 5.56 Å². The third-order valence-corrected chi connectivity index (χ3v) is 3.15. The van der Waals surface area contributed by atoms with Crippen LogP contribution in [0, 0.1) is 5.92 Å². The molecule has 2 rings (SSSR count). The first-order valence-corrected chi connectivity index (χ1v) is 7.29. The molecule has 0 radical (unpaired) electrons. The van der Waals surface area contributed by atoms with Crippen LogP contribution in [0.4, 0.5) is 11.4 Å². The smallest absolute Gasteiger partial charge is 0.228 e. The first-order chi connectivity index (χ1) is 10.5. The summed E-state index contributed by atoms with van der Waals surface area (Å²) in [6.45, 7) is 3.67. The largest absolute Gasteiger partial charge is 0.326 e. The van der Waals surface area contributed by atoms with Crippen molar-refractivity contribution in [3.05, 3.63) is 60.2 Å². The zero-order chi connectivity index (χ0) is 15.9. The molecule has 0 aromatic heterocycles. The Bertz CT molecular complexity index is 651. The molecular weight excluding hydrogens is 276 g/mol. The van der Waals surface area contributed by atoms with Gasteiger partial charge in [0.15, 0.2) is 0 Å². The lowest BCUT2D eigenvalue weighted by Gasteiger charge is -2.10. The highest BCUT2D eigenvalue weighted by atomic mass is 16.2. The van der Waals surface area contributed by atoms with Gasteiger partial charge in [-0.25, -0.2) is 0 Å². The minimum absolute atomic E-state index is 0.0484. The van der Waals surface area contributed by atoms with Gasteiger partial charge in [-0.3, -0.25) is 9.59 Å². The van der Waals surface area contributed by atoms with Crippen LogP contribution in [0.1, 0.15) is 19.4 Å². The highest BCUT2D eigenvalue weighted by Crippen LogP contribution is 2.16. The SMILES string of the molecule is CC(C)C(=O)Nc1cccc(NC(=O)Cc2ccccc2)c1. The van der Waals surface area contributed by atoms with E-state index < -0.39 is 0 Å². The second-order valence-corrected chi connectivity index (χ2v) is 5.44. The normalized spacial score (nSPS) is 10.3. The molecule has 2 amide bonds. The van der Waals surface area contributed by atoms with Crippen LogP contribution < -0.4 is 10.6 Å². The van der Waals surface area contributed by atoms with Gasteiger partial charge < -0.3 is 10.6 Å². The standard InChI is InChI=1S/C18H20N2O2/c1-13(2)18(22)20-16-10-6-9-15(12-16)19-17(21)11-14-7-4-3-5-8-14/h3-10,12-13H,11H2,1-2H3,(H,19,21)(H,20,22). The number of hydrogen-bond acceptors (Lipinski definition) is 2. The van der Waals surface area contributed by atoms with Gasteiger partial charge in [-0.2, -0.15) is 0 Å². The number of carbonyl (C=O) groups excluding carboxylic acids is 2. The Morgan fingerprint density at radius 3 is 2.18 bits per heavy atom. The summed E-state index contributed by atoms with van der Waals surface area (Å²) in [6, 6.07) is 16.7. The summed E-state index contributed by atoms with van der Waals surface area (Å²) < 4.78 is 0. The van der Waals surface area contributed by atoms with Crippen LogP contribution in [0.3, 0.4) is 0 Å². The predicted octanol–water partition coefficient (Wildman–Crippen LogP) is 3.46. The van der Waals surface area contributed by atoms with Crippen LogP contribution in [0.2, 0.25) is 0 Å². The summed E-state index contributed by atoms with van der Waals surface area (Å²) in [7, 11) is 0. The Morgan fingerprint density at radius 2 is 1.55 bits per heavy atom. The fraction of sp³-hybridized carbons (Fsp3) is 0.222. The first kappa shape index (κ1) is 15.8. The van der Waals surface area contributed by atoms with Gasteiger partial charge in [-0.05, 0) is 23.8 Å². The van der Waals surface area contributed by atoms with E-state index in [1.165, 1.54) is 0 Å². The van der Waals surface area contributed by atoms with Gasteiger partial charge in [0.05, 0.1) is 6.42 Å². The summed E-state index contributed by atoms with van der Waals surface area (Å²) in [4.78, 5) is 23.7. The van der Waals surface area contributed by atoms with Gasteiger partial charge in [-0.15, -0.1) is 0 Å². The van der Waals surface area contributed by atoms with Crippen molar-refractivity contribution in [2.24, 2.45) is 5.92 Å². The van der Waals surface area contributed by atoms with Crippen molar-refractivity contribution in [2.75, 3.05) is 10.6 Å². The molecule has 0 heterocycles. The van der Waals surface area contributed by atoms with Crippen molar-refractivity contribution >= 4 is 23.2 Å². The minimum atomic E-state index is -0.0867. The van der Waals surface area contributed by atoms with E-state index in [9.17, 15) is 9.59 Å². The van der Waals surface area contributed by atoms with Crippen LogP contribution >= 0.6 is 0 Å². The van der Waals surface area contributed by atoms with Gasteiger partial charge in [0.25, 0.3) is 0 Å². The van der Waals surface area contributed by atoms with Crippen molar-refractivity contribution in [1.29, 1.82) is 0 Å². The Balaban J connectivity index is 1.98. The summed E-state index contributed by atoms with van der Waals surface area (Å²) in [6.07, 6.45) is 0.323. The zero-order valence-electron chi connectivity index (χ0n) is 12.8. The highest BCUT2D eigenvalue weighted by Gasteiger charge is 2.08. The van der Waals surface area contributed by atoms with Crippen molar-refractivity contribution < 1.29 is 9.59 Å². The number of nitrogens with one attached hydrogen (secondary N) is 2. The molecule has 2 aromatic carbocycles. The number of amides is 2. The molecule has 0 atom stereocenters. The second kappa shape index (κ2) is 7.41. The Morgan fingerprint density at radius 1 is 0.909 bits per heavy atom. The number of carbonyl (C=O) groups is 2. The molecule has 2 aromatic rings. The van der Waals surface area contributed by atoms with Crippen molar-refractivity contribution in [1.82, 2.24) is 0 Å². The molecule has 4 nitrogen and oxygen atoms in total. The van der Waals surface area contributed by atoms with E-state index in [-0.39, 0.29) is 17.7 Å². The van der Waals surface area contributed by atoms with Crippen LogP contribution in [0.25, 0.3) is 0 Å². The van der Waals surface area contributed by atoms with Gasteiger partial charge in [0.1, 0.15) is 0 Å². The molecule has 0 saturated heterocycles. The van der Waals surface area contributed by atoms with Crippen LogP contribution in [0.15, 0.2) is 54.6 Å². The zero-order valence-corrected chi connectivity index (χ0v) is 12.8. The molecule has 0 aliphatic rings. The first-order valence-electron chi connectivity index (χ1n) is 7.29. The van der Waals surface area contributed by atoms with E-state index >= 15 is 0 Å². The second-order valence-electron chi connectivity index (χ2n) is 5.44. The number of anilines is 2. The molecule has 0 unspecified atom stereocenters. The molecule has 0 aliphatic carbocycles. The summed E-state index contributed by atoms with van der Waals surface area (Å²) in [5, 5.41) is 5.66. The summed E-state index contributed by atoms with van der Waals surface area (Å²) in [5.74, 6) is -0.220. The third-order valence-electron chi connectivity index (χ3n) is 3.15. The fourth-order valence-corrected chi connectivity index (χ4v) is 1.95. The molecule has 2 N–H and O–H groups in total. The molecule has 0 aliphatic heterocycles. The molecule has 4 heteroatoms. The van der Waals surface area contributed by atoms with E-state index in [4.69, 9.17) is 0 Å². The van der Waals surface area contributed by atoms with Crippen molar-refractivity contribution in [3.8, 4) is 0 Å². The Kier molecular flexibility index (Phi) is 5.31. The van der Waals surface area contributed by atoms with E-state index in [1.807, 2.05) is 44.2 Å². The Hall–Kier alpha value is -2.62. The molecule has 0 saturated carbocycles. The maximum absolute atomic E-state index is 12.0. The molecule has 0 spiro atoms. The molecule has 114 valence electrons. The molecule has 0 bridgehead atoms. The molecule has 0 fully saturated rings. The maximum Gasteiger partial charge on any atom is 0.228 e. The summed E-state index contributed by atoms with van der Waals surface area (Å²) in [5.41, 5.74) is 2.31. The Labute approximate surface area is 130 Å². The topological polar surface area (TPSA) is 58.2 Å². The van der Waals surface area contributed by atoms with Gasteiger partial charge >= 0.3 is 0 Å². The number of rotatable bonds is 5. The average molecular weight is 296 g/mol. The lowest BCUT2D eigenvalue weighted by atomic mass is 10.1. The third kappa shape index (κ3) is 4.74. The lowest BCUT2D eigenvalue weighted by Crippen LogP contribution is -2.18. The van der Waals surface area contributed by atoms with Crippen LogP contribution in [-0.2, 0) is 16.0 Å². The van der Waals surface area contributed by atoms with Gasteiger partial charge in [0.2, 0.25) is 11.8 Å². The predicted molar refractivity (Wildman–Crippen MR) is 88.7 cm³/mol. The van der Waals surface area contributed by atoms with Crippen molar-refractivity contribution in [3.63, 3.8) is 0 Å². The molecule has 22 heavy (non-hydrogen) atoms. The lowest BCUT2D eigenvalue weighted by molar-refractivity contribution is -0.119. The number of benzene rings is 2. The van der Waals surface area contributed by atoms with E-state index in [1.54, 1.807) is 24.3 Å². The quantitative estimate of drug-likeness (QED) is 0.887. The van der Waals surface area contributed by atoms with Gasteiger partial charge in [-0.1, -0.05) is 50.2 Å². The summed E-state index contributed by atoms with van der Waals surface area (Å²) >= 11 is 0. The van der Waals surface area contributed by atoms with Crippen LogP contribution in [0.5, 0.6) is 0 Å². The molecular formula is C18H20N2O2.